The molecule has 2 aromatic rings. The molecule has 1 atom stereocenters. The van der Waals surface area contributed by atoms with Crippen molar-refractivity contribution in [3.8, 4) is 0 Å². The third-order valence-electron chi connectivity index (χ3n) is 3.03. The molecule has 0 bridgehead atoms. The molecule has 0 radical (unpaired) electrons. The molecule has 8 heteroatoms. The highest BCUT2D eigenvalue weighted by atomic mass is 35.5. The van der Waals surface area contributed by atoms with E-state index in [0.717, 1.165) is 10.1 Å². The number of anilines is 1. The zero-order valence-corrected chi connectivity index (χ0v) is 14.2. The number of aryl methyl sites for hydroxylation is 1. The van der Waals surface area contributed by atoms with Crippen molar-refractivity contribution in [1.29, 1.82) is 0 Å². The van der Waals surface area contributed by atoms with E-state index in [9.17, 15) is 4.79 Å². The summed E-state index contributed by atoms with van der Waals surface area (Å²) in [4.78, 5) is 12.8. The number of benzene rings is 1. The lowest BCUT2D eigenvalue weighted by Gasteiger charge is -2.12. The number of hydrogen-bond acceptors (Lipinski definition) is 5. The van der Waals surface area contributed by atoms with Crippen molar-refractivity contribution in [2.45, 2.75) is 17.0 Å². The fourth-order valence-corrected chi connectivity index (χ4v) is 2.85. The van der Waals surface area contributed by atoms with Crippen molar-refractivity contribution < 1.29 is 4.79 Å². The number of rotatable bonds is 6. The van der Waals surface area contributed by atoms with Gasteiger partial charge >= 0.3 is 0 Å². The lowest BCUT2D eigenvalue weighted by atomic mass is 10.1. The van der Waals surface area contributed by atoms with Gasteiger partial charge in [-0.2, -0.15) is 0 Å². The first-order chi connectivity index (χ1) is 10.5. The number of aromatic nitrogens is 3. The Balaban J connectivity index is 2.06. The van der Waals surface area contributed by atoms with Crippen molar-refractivity contribution in [2.75, 3.05) is 18.9 Å². The highest BCUT2D eigenvalue weighted by Crippen LogP contribution is 2.33. The number of nitrogens with zero attached hydrogens (tertiary/aromatic N) is 3. The summed E-state index contributed by atoms with van der Waals surface area (Å²) in [6, 6.07) is 5.43. The van der Waals surface area contributed by atoms with Gasteiger partial charge in [0.1, 0.15) is 6.33 Å². The van der Waals surface area contributed by atoms with Crippen molar-refractivity contribution >= 4 is 35.0 Å². The summed E-state index contributed by atoms with van der Waals surface area (Å²) < 4.78 is 1.82. The van der Waals surface area contributed by atoms with E-state index in [1.54, 1.807) is 12.4 Å². The van der Waals surface area contributed by atoms with E-state index in [0.29, 0.717) is 17.3 Å². The summed E-state index contributed by atoms with van der Waals surface area (Å²) in [5.41, 5.74) is 0.681. The van der Waals surface area contributed by atoms with Crippen molar-refractivity contribution in [2.24, 2.45) is 13.0 Å². The molecule has 2 rings (SSSR count). The van der Waals surface area contributed by atoms with Gasteiger partial charge in [-0.15, -0.1) is 10.2 Å². The first-order valence-corrected chi connectivity index (χ1v) is 7.97. The van der Waals surface area contributed by atoms with Gasteiger partial charge in [0.25, 0.3) is 0 Å². The number of carbonyl (C=O) groups is 1. The summed E-state index contributed by atoms with van der Waals surface area (Å²) in [6.45, 7) is 2.49. The van der Waals surface area contributed by atoms with Crippen LogP contribution in [0.5, 0.6) is 0 Å². The lowest BCUT2D eigenvalue weighted by Crippen LogP contribution is -2.28. The second-order valence-electron chi connectivity index (χ2n) is 4.92. The molecule has 1 aromatic heterocycles. The number of nitrogens with one attached hydrogen (secondary N) is 2. The van der Waals surface area contributed by atoms with Crippen molar-refractivity contribution in [3.05, 3.63) is 29.5 Å². The van der Waals surface area contributed by atoms with Crippen molar-refractivity contribution in [3.63, 3.8) is 0 Å². The Bertz CT molecular complexity index is 660. The van der Waals surface area contributed by atoms with E-state index in [2.05, 4.69) is 20.8 Å². The van der Waals surface area contributed by atoms with Crippen molar-refractivity contribution in [1.82, 2.24) is 20.1 Å². The highest BCUT2D eigenvalue weighted by molar-refractivity contribution is 7.99. The zero-order chi connectivity index (χ0) is 16.1. The Morgan fingerprint density at radius 1 is 1.50 bits per heavy atom. The molecule has 1 heterocycles. The molecular formula is C14H18ClN5OS. The van der Waals surface area contributed by atoms with Crippen LogP contribution in [-0.4, -0.2) is 34.3 Å². The molecule has 6 nitrogen and oxygen atoms in total. The predicted molar refractivity (Wildman–Crippen MR) is 88.3 cm³/mol. The molecule has 0 spiro atoms. The minimum atomic E-state index is -0.114. The highest BCUT2D eigenvalue weighted by Gasteiger charge is 2.13. The van der Waals surface area contributed by atoms with E-state index in [1.807, 2.05) is 37.7 Å². The molecule has 0 saturated carbocycles. The Hall–Kier alpha value is -1.57. The monoisotopic (exact) mass is 339 g/mol. The van der Waals surface area contributed by atoms with Gasteiger partial charge < -0.3 is 15.2 Å². The van der Waals surface area contributed by atoms with Crippen LogP contribution in [0.4, 0.5) is 5.69 Å². The maximum absolute atomic E-state index is 12.0. The van der Waals surface area contributed by atoms with E-state index in [4.69, 9.17) is 11.6 Å². The molecule has 0 aliphatic heterocycles. The quantitative estimate of drug-likeness (QED) is 0.845. The van der Waals surface area contributed by atoms with Crippen LogP contribution in [-0.2, 0) is 11.8 Å². The molecule has 0 aliphatic carbocycles. The number of amides is 1. The predicted octanol–water partition coefficient (Wildman–Crippen LogP) is 2.41. The summed E-state index contributed by atoms with van der Waals surface area (Å²) in [6.07, 6.45) is 1.63. The third-order valence-corrected chi connectivity index (χ3v) is 4.58. The van der Waals surface area contributed by atoms with E-state index in [1.165, 1.54) is 11.8 Å². The Morgan fingerprint density at radius 3 is 2.86 bits per heavy atom. The standard InChI is InChI=1S/C14H18ClN5OS/c1-9(7-16-2)13(21)18-10-4-5-12(11(15)6-10)22-14-19-17-8-20(14)3/h4-6,8-9,16H,7H2,1-3H3,(H,18,21). The number of carbonyl (C=O) groups excluding carboxylic acids is 1. The molecule has 1 aromatic carbocycles. The number of halogens is 1. The average Bonchev–Trinajstić information content (AvgIpc) is 2.87. The van der Waals surface area contributed by atoms with Gasteiger partial charge in [-0.3, -0.25) is 4.79 Å². The minimum absolute atomic E-state index is 0.0425. The summed E-state index contributed by atoms with van der Waals surface area (Å²) >= 11 is 7.71. The fourth-order valence-electron chi connectivity index (χ4n) is 1.79. The number of hydrogen-bond donors (Lipinski definition) is 2. The van der Waals surface area contributed by atoms with Gasteiger partial charge in [0.15, 0.2) is 5.16 Å². The van der Waals surface area contributed by atoms with Crippen LogP contribution in [0.3, 0.4) is 0 Å². The van der Waals surface area contributed by atoms with Gasteiger partial charge in [-0.05, 0) is 37.0 Å². The van der Waals surface area contributed by atoms with Crippen LogP contribution in [0.2, 0.25) is 5.02 Å². The maximum Gasteiger partial charge on any atom is 0.228 e. The van der Waals surface area contributed by atoms with E-state index in [-0.39, 0.29) is 11.8 Å². The Labute approximate surface area is 138 Å². The third kappa shape index (κ3) is 4.22. The fraction of sp³-hybridized carbons (Fsp3) is 0.357. The molecular weight excluding hydrogens is 322 g/mol. The summed E-state index contributed by atoms with van der Waals surface area (Å²) in [5, 5.41) is 15.0. The molecule has 0 fully saturated rings. The molecule has 1 amide bonds. The van der Waals surface area contributed by atoms with E-state index >= 15 is 0 Å². The zero-order valence-electron chi connectivity index (χ0n) is 12.6. The van der Waals surface area contributed by atoms with Gasteiger partial charge in [-0.25, -0.2) is 0 Å². The maximum atomic E-state index is 12.0. The Morgan fingerprint density at radius 2 is 2.27 bits per heavy atom. The Kier molecular flexibility index (Phi) is 5.82. The lowest BCUT2D eigenvalue weighted by molar-refractivity contribution is -0.119. The average molecular weight is 340 g/mol. The van der Waals surface area contributed by atoms with Gasteiger partial charge in [-0.1, -0.05) is 18.5 Å². The smallest absolute Gasteiger partial charge is 0.228 e. The summed E-state index contributed by atoms with van der Waals surface area (Å²) in [5.74, 6) is -0.157. The van der Waals surface area contributed by atoms with Crippen LogP contribution in [0, 0.1) is 5.92 Å². The molecule has 0 aliphatic rings. The minimum Gasteiger partial charge on any atom is -0.326 e. The first-order valence-electron chi connectivity index (χ1n) is 6.78. The van der Waals surface area contributed by atoms with E-state index < -0.39 is 0 Å². The van der Waals surface area contributed by atoms with Gasteiger partial charge in [0, 0.05) is 30.1 Å². The van der Waals surface area contributed by atoms with Crippen LogP contribution >= 0.6 is 23.4 Å². The largest absolute Gasteiger partial charge is 0.326 e. The van der Waals surface area contributed by atoms with Gasteiger partial charge in [0.05, 0.1) is 5.02 Å². The van der Waals surface area contributed by atoms with Crippen LogP contribution in [0.1, 0.15) is 6.92 Å². The molecule has 1 unspecified atom stereocenters. The SMILES string of the molecule is CNCC(C)C(=O)Nc1ccc(Sc2nncn2C)c(Cl)c1. The first kappa shape index (κ1) is 16.8. The molecule has 118 valence electrons. The molecule has 0 saturated heterocycles. The van der Waals surface area contributed by atoms with Crippen LogP contribution < -0.4 is 10.6 Å². The van der Waals surface area contributed by atoms with Crippen LogP contribution in [0.15, 0.2) is 34.6 Å². The topological polar surface area (TPSA) is 71.8 Å². The second kappa shape index (κ2) is 7.62. The second-order valence-corrected chi connectivity index (χ2v) is 6.34. The van der Waals surface area contributed by atoms with Crippen LogP contribution in [0.25, 0.3) is 0 Å². The normalized spacial score (nSPS) is 12.2. The van der Waals surface area contributed by atoms with Gasteiger partial charge in [0.2, 0.25) is 5.91 Å². The molecule has 22 heavy (non-hydrogen) atoms. The summed E-state index contributed by atoms with van der Waals surface area (Å²) in [7, 11) is 3.69. The molecule has 2 N–H and O–H groups in total.